The van der Waals surface area contributed by atoms with E-state index in [1.165, 1.54) is 7.11 Å². The zero-order valence-electron chi connectivity index (χ0n) is 6.36. The monoisotopic (exact) mass is 163 g/mol. The van der Waals surface area contributed by atoms with E-state index in [1.807, 2.05) is 0 Å². The largest absolute Gasteiger partial charge is 0.480 e. The molecule has 0 aromatic carbocycles. The summed E-state index contributed by atoms with van der Waals surface area (Å²) in [7, 11) is 1.47. The fourth-order valence-corrected chi connectivity index (χ4v) is 0.583. The van der Waals surface area contributed by atoms with Crippen molar-refractivity contribution in [1.82, 2.24) is 0 Å². The van der Waals surface area contributed by atoms with Crippen LogP contribution in [0.2, 0.25) is 0 Å². The van der Waals surface area contributed by atoms with Crippen molar-refractivity contribution in [2.75, 3.05) is 13.7 Å². The topological polar surface area (TPSA) is 92.8 Å². The van der Waals surface area contributed by atoms with Crippen molar-refractivity contribution >= 4 is 5.97 Å². The summed E-state index contributed by atoms with van der Waals surface area (Å²) < 4.78 is 4.63. The minimum atomic E-state index is -1.22. The number of hydrogen-bond donors (Lipinski definition) is 3. The SMILES string of the molecule is COCCC(O)C(N)C(=O)O. The van der Waals surface area contributed by atoms with Crippen LogP contribution >= 0.6 is 0 Å². The van der Waals surface area contributed by atoms with E-state index in [1.54, 1.807) is 0 Å². The van der Waals surface area contributed by atoms with Crippen LogP contribution in [0.25, 0.3) is 0 Å². The number of carbonyl (C=O) groups is 1. The standard InChI is InChI=1S/C6H13NO4/c1-11-3-2-4(8)5(7)6(9)10/h4-5,8H,2-3,7H2,1H3,(H,9,10). The van der Waals surface area contributed by atoms with E-state index in [2.05, 4.69) is 4.74 Å². The Morgan fingerprint density at radius 2 is 2.27 bits per heavy atom. The molecule has 4 N–H and O–H groups in total. The van der Waals surface area contributed by atoms with Crippen LogP contribution in [-0.2, 0) is 9.53 Å². The molecule has 0 spiro atoms. The van der Waals surface area contributed by atoms with Crippen LogP contribution in [0.5, 0.6) is 0 Å². The summed E-state index contributed by atoms with van der Waals surface area (Å²) in [5.74, 6) is -1.20. The predicted octanol–water partition coefficient (Wildman–Crippen LogP) is -1.20. The summed E-state index contributed by atoms with van der Waals surface area (Å²) in [5, 5.41) is 17.4. The fourth-order valence-electron chi connectivity index (χ4n) is 0.583. The van der Waals surface area contributed by atoms with Gasteiger partial charge in [-0.3, -0.25) is 4.79 Å². The van der Waals surface area contributed by atoms with Crippen molar-refractivity contribution in [3.05, 3.63) is 0 Å². The molecule has 0 aliphatic rings. The minimum absolute atomic E-state index is 0.240. The Balaban J connectivity index is 3.63. The maximum absolute atomic E-state index is 10.2. The number of carboxylic acid groups (broad SMARTS) is 1. The van der Waals surface area contributed by atoms with Crippen molar-refractivity contribution in [1.29, 1.82) is 0 Å². The van der Waals surface area contributed by atoms with Gasteiger partial charge in [-0.2, -0.15) is 0 Å². The first kappa shape index (κ1) is 10.3. The van der Waals surface area contributed by atoms with Gasteiger partial charge in [0.25, 0.3) is 0 Å². The molecule has 2 atom stereocenters. The second-order valence-electron chi connectivity index (χ2n) is 2.21. The summed E-state index contributed by atoms with van der Waals surface area (Å²) in [6, 6.07) is -1.22. The van der Waals surface area contributed by atoms with Gasteiger partial charge in [0.1, 0.15) is 6.04 Å². The molecule has 0 fully saturated rings. The number of aliphatic hydroxyl groups excluding tert-OH is 1. The summed E-state index contributed by atoms with van der Waals surface area (Å²) in [6.45, 7) is 0.308. The van der Waals surface area contributed by atoms with E-state index in [0.29, 0.717) is 6.61 Å². The lowest BCUT2D eigenvalue weighted by Crippen LogP contribution is -2.42. The van der Waals surface area contributed by atoms with Gasteiger partial charge < -0.3 is 20.7 Å². The highest BCUT2D eigenvalue weighted by Gasteiger charge is 2.20. The molecule has 0 saturated carbocycles. The maximum atomic E-state index is 10.2. The maximum Gasteiger partial charge on any atom is 0.323 e. The van der Waals surface area contributed by atoms with Crippen LogP contribution in [0.4, 0.5) is 0 Å². The molecule has 0 heterocycles. The number of aliphatic carboxylic acids is 1. The molecule has 2 unspecified atom stereocenters. The van der Waals surface area contributed by atoms with E-state index >= 15 is 0 Å². The highest BCUT2D eigenvalue weighted by molar-refractivity contribution is 5.73. The Labute approximate surface area is 64.8 Å². The normalized spacial score (nSPS) is 15.9. The number of nitrogens with two attached hydrogens (primary N) is 1. The molecule has 0 aliphatic heterocycles. The Hall–Kier alpha value is -0.650. The van der Waals surface area contributed by atoms with Crippen molar-refractivity contribution in [2.45, 2.75) is 18.6 Å². The van der Waals surface area contributed by atoms with Crippen molar-refractivity contribution < 1.29 is 19.7 Å². The van der Waals surface area contributed by atoms with Gasteiger partial charge in [0, 0.05) is 13.7 Å². The summed E-state index contributed by atoms with van der Waals surface area (Å²) in [4.78, 5) is 10.2. The van der Waals surface area contributed by atoms with Gasteiger partial charge >= 0.3 is 5.97 Å². The average molecular weight is 163 g/mol. The van der Waals surface area contributed by atoms with Crippen molar-refractivity contribution in [3.63, 3.8) is 0 Å². The van der Waals surface area contributed by atoms with Gasteiger partial charge in [-0.05, 0) is 6.42 Å². The average Bonchev–Trinajstić information content (AvgIpc) is 1.98. The third kappa shape index (κ3) is 3.92. The first-order chi connectivity index (χ1) is 5.09. The van der Waals surface area contributed by atoms with E-state index in [9.17, 15) is 4.79 Å². The van der Waals surface area contributed by atoms with E-state index in [-0.39, 0.29) is 6.42 Å². The van der Waals surface area contributed by atoms with Crippen LogP contribution < -0.4 is 5.73 Å². The molecule has 0 amide bonds. The molecule has 5 heteroatoms. The first-order valence-electron chi connectivity index (χ1n) is 3.25. The van der Waals surface area contributed by atoms with Crippen molar-refractivity contribution in [3.8, 4) is 0 Å². The molecule has 0 aromatic rings. The highest BCUT2D eigenvalue weighted by atomic mass is 16.5. The zero-order chi connectivity index (χ0) is 8.85. The first-order valence-corrected chi connectivity index (χ1v) is 3.25. The van der Waals surface area contributed by atoms with Gasteiger partial charge in [-0.15, -0.1) is 0 Å². The number of rotatable bonds is 5. The van der Waals surface area contributed by atoms with Gasteiger partial charge in [-0.25, -0.2) is 0 Å². The third-order valence-electron chi connectivity index (χ3n) is 1.32. The van der Waals surface area contributed by atoms with Crippen molar-refractivity contribution in [2.24, 2.45) is 5.73 Å². The molecule has 0 aliphatic carbocycles. The van der Waals surface area contributed by atoms with Crippen LogP contribution in [0.1, 0.15) is 6.42 Å². The summed E-state index contributed by atoms with van der Waals surface area (Å²) in [6.07, 6.45) is -0.795. The second-order valence-corrected chi connectivity index (χ2v) is 2.21. The van der Waals surface area contributed by atoms with E-state index in [0.717, 1.165) is 0 Å². The van der Waals surface area contributed by atoms with E-state index < -0.39 is 18.1 Å². The lowest BCUT2D eigenvalue weighted by atomic mass is 10.1. The van der Waals surface area contributed by atoms with Crippen LogP contribution in [0.3, 0.4) is 0 Å². The third-order valence-corrected chi connectivity index (χ3v) is 1.32. The predicted molar refractivity (Wildman–Crippen MR) is 38.1 cm³/mol. The zero-order valence-corrected chi connectivity index (χ0v) is 6.36. The molecule has 5 nitrogen and oxygen atoms in total. The Kier molecular flexibility index (Phi) is 4.76. The molecule has 0 aromatic heterocycles. The molecule has 0 bridgehead atoms. The Bertz CT molecular complexity index is 128. The molecular formula is C6H13NO4. The smallest absolute Gasteiger partial charge is 0.323 e. The molecule has 66 valence electrons. The van der Waals surface area contributed by atoms with E-state index in [4.69, 9.17) is 15.9 Å². The molecule has 0 rings (SSSR count). The molecular weight excluding hydrogens is 150 g/mol. The summed E-state index contributed by atoms with van der Waals surface area (Å²) in [5.41, 5.74) is 5.10. The number of methoxy groups -OCH3 is 1. The quantitative estimate of drug-likeness (QED) is 0.473. The summed E-state index contributed by atoms with van der Waals surface area (Å²) >= 11 is 0. The van der Waals surface area contributed by atoms with Crippen LogP contribution in [0.15, 0.2) is 0 Å². The molecule has 11 heavy (non-hydrogen) atoms. The Morgan fingerprint density at radius 3 is 2.64 bits per heavy atom. The van der Waals surface area contributed by atoms with Crippen LogP contribution in [0, 0.1) is 0 Å². The minimum Gasteiger partial charge on any atom is -0.480 e. The van der Waals surface area contributed by atoms with Gasteiger partial charge in [0.2, 0.25) is 0 Å². The molecule has 0 radical (unpaired) electrons. The second kappa shape index (κ2) is 5.06. The number of aliphatic hydroxyl groups is 1. The number of hydrogen-bond acceptors (Lipinski definition) is 4. The Morgan fingerprint density at radius 1 is 1.73 bits per heavy atom. The lowest BCUT2D eigenvalue weighted by molar-refractivity contribution is -0.141. The van der Waals surface area contributed by atoms with Gasteiger partial charge in [0.05, 0.1) is 6.10 Å². The lowest BCUT2D eigenvalue weighted by Gasteiger charge is -2.13. The number of carboxylic acids is 1. The number of ether oxygens (including phenoxy) is 1. The fraction of sp³-hybridized carbons (Fsp3) is 0.833. The van der Waals surface area contributed by atoms with Gasteiger partial charge in [-0.1, -0.05) is 0 Å². The molecule has 0 saturated heterocycles. The highest BCUT2D eigenvalue weighted by Crippen LogP contribution is 1.96. The van der Waals surface area contributed by atoms with Gasteiger partial charge in [0.15, 0.2) is 0 Å². The van der Waals surface area contributed by atoms with Crippen LogP contribution in [-0.4, -0.2) is 42.0 Å².